The number of rotatable bonds is 14. The highest BCUT2D eigenvalue weighted by Gasteiger charge is 2.29. The number of nitrogens with one attached hydrogen (secondary N) is 4. The van der Waals surface area contributed by atoms with Gasteiger partial charge in [0.1, 0.15) is 18.1 Å². The number of carbonyl (C=O) groups is 5. The van der Waals surface area contributed by atoms with Gasteiger partial charge in [-0.1, -0.05) is 18.2 Å². The molecule has 0 aliphatic carbocycles. The molecule has 36 heavy (non-hydrogen) atoms. The third kappa shape index (κ3) is 8.17. The highest BCUT2D eigenvalue weighted by atomic mass is 32.1. The second kappa shape index (κ2) is 13.8. The minimum atomic E-state index is -1.27. The number of nitrogens with two attached hydrogens (primary N) is 1. The lowest BCUT2D eigenvalue weighted by Crippen LogP contribution is -2.58. The first-order valence-corrected chi connectivity index (χ1v) is 12.2. The number of carboxylic acids is 2. The number of para-hydroxylation sites is 1. The van der Waals surface area contributed by atoms with Gasteiger partial charge in [0, 0.05) is 41.4 Å². The lowest BCUT2D eigenvalue weighted by Gasteiger charge is -2.23. The molecule has 2 aromatic rings. The summed E-state index contributed by atoms with van der Waals surface area (Å²) in [4.78, 5) is 63.1. The number of fused-ring (bicyclic) bond motifs is 1. The zero-order valence-electron chi connectivity index (χ0n) is 19.1. The molecule has 0 bridgehead atoms. The number of thiol groups is 2. The quantitative estimate of drug-likeness (QED) is 0.140. The van der Waals surface area contributed by atoms with Crippen LogP contribution in [0.4, 0.5) is 0 Å². The predicted molar refractivity (Wildman–Crippen MR) is 138 cm³/mol. The summed E-state index contributed by atoms with van der Waals surface area (Å²) in [6.45, 7) is 0. The van der Waals surface area contributed by atoms with Gasteiger partial charge in [0.2, 0.25) is 17.7 Å². The number of amides is 3. The molecule has 4 unspecified atom stereocenters. The molecule has 1 aromatic heterocycles. The first-order chi connectivity index (χ1) is 17.1. The lowest BCUT2D eigenvalue weighted by molar-refractivity contribution is -0.142. The predicted octanol–water partition coefficient (Wildman–Crippen LogP) is -0.699. The lowest BCUT2D eigenvalue weighted by atomic mass is 10.0. The molecule has 2 rings (SSSR count). The molecule has 0 aliphatic rings. The molecule has 14 heteroatoms. The van der Waals surface area contributed by atoms with Crippen LogP contribution in [0.15, 0.2) is 30.5 Å². The first kappa shape index (κ1) is 29.0. The summed E-state index contributed by atoms with van der Waals surface area (Å²) < 4.78 is 0. The van der Waals surface area contributed by atoms with Crippen molar-refractivity contribution in [3.05, 3.63) is 36.0 Å². The van der Waals surface area contributed by atoms with Gasteiger partial charge in [0.05, 0.1) is 6.04 Å². The van der Waals surface area contributed by atoms with E-state index in [9.17, 15) is 29.1 Å². The Labute approximate surface area is 217 Å². The molecule has 0 aliphatic heterocycles. The van der Waals surface area contributed by atoms with Crippen LogP contribution in [0.25, 0.3) is 10.9 Å². The SMILES string of the molecule is NC(CCC(=O)O)C(=O)NC(CS)C(=O)NC(CS)C(=O)NC(Cc1c[nH]c2ccccc12)C(=O)O. The van der Waals surface area contributed by atoms with E-state index in [1.165, 1.54) is 0 Å². The minimum Gasteiger partial charge on any atom is -0.481 e. The normalized spacial score (nSPS) is 14.3. The van der Waals surface area contributed by atoms with E-state index >= 15 is 0 Å². The maximum absolute atomic E-state index is 12.8. The summed E-state index contributed by atoms with van der Waals surface area (Å²) in [6.07, 6.45) is 1.22. The van der Waals surface area contributed by atoms with Crippen molar-refractivity contribution in [2.75, 3.05) is 11.5 Å². The number of hydrogen-bond donors (Lipinski definition) is 9. The van der Waals surface area contributed by atoms with Gasteiger partial charge in [0.15, 0.2) is 0 Å². The Morgan fingerprint density at radius 3 is 2.00 bits per heavy atom. The Hall–Kier alpha value is -3.23. The van der Waals surface area contributed by atoms with Crippen LogP contribution in [0.5, 0.6) is 0 Å². The fourth-order valence-corrected chi connectivity index (χ4v) is 3.86. The highest BCUT2D eigenvalue weighted by Crippen LogP contribution is 2.19. The van der Waals surface area contributed by atoms with Crippen molar-refractivity contribution in [3.63, 3.8) is 0 Å². The van der Waals surface area contributed by atoms with Crippen molar-refractivity contribution < 1.29 is 34.2 Å². The summed E-state index contributed by atoms with van der Waals surface area (Å²) in [5, 5.41) is 26.4. The van der Waals surface area contributed by atoms with Gasteiger partial charge in [-0.2, -0.15) is 25.3 Å². The number of carbonyl (C=O) groups excluding carboxylic acids is 3. The van der Waals surface area contributed by atoms with E-state index in [0.29, 0.717) is 5.56 Å². The maximum Gasteiger partial charge on any atom is 0.326 e. The Kier molecular flexibility index (Phi) is 11.1. The van der Waals surface area contributed by atoms with Crippen LogP contribution in [0, 0.1) is 0 Å². The summed E-state index contributed by atoms with van der Waals surface area (Å²) in [7, 11) is 0. The van der Waals surface area contributed by atoms with E-state index in [1.54, 1.807) is 6.20 Å². The standard InChI is InChI=1S/C22H29N5O7S2/c23-13(5-6-18(28)29)19(30)26-16(9-35)21(32)27-17(10-36)20(31)25-15(22(33)34)7-11-8-24-14-4-2-1-3-12(11)14/h1-4,8,13,15-17,24,35-36H,5-7,9-10,23H2,(H,25,31)(H,26,30)(H,27,32)(H,28,29)(H,33,34). The monoisotopic (exact) mass is 539 g/mol. The van der Waals surface area contributed by atoms with Crippen LogP contribution in [0.1, 0.15) is 18.4 Å². The van der Waals surface area contributed by atoms with Crippen molar-refractivity contribution in [2.45, 2.75) is 43.4 Å². The van der Waals surface area contributed by atoms with E-state index < -0.39 is 53.8 Å². The second-order valence-corrected chi connectivity index (χ2v) is 8.72. The van der Waals surface area contributed by atoms with E-state index in [-0.39, 0.29) is 30.8 Å². The molecule has 3 amide bonds. The Balaban J connectivity index is 2.01. The maximum atomic E-state index is 12.8. The van der Waals surface area contributed by atoms with Gasteiger partial charge in [-0.3, -0.25) is 19.2 Å². The molecule has 1 aromatic carbocycles. The average molecular weight is 540 g/mol. The molecule has 0 saturated heterocycles. The van der Waals surface area contributed by atoms with Crippen molar-refractivity contribution in [2.24, 2.45) is 5.73 Å². The molecular weight excluding hydrogens is 510 g/mol. The molecule has 0 spiro atoms. The van der Waals surface area contributed by atoms with Gasteiger partial charge in [0.25, 0.3) is 0 Å². The summed E-state index contributed by atoms with van der Waals surface area (Å²) in [5.74, 6) is -4.94. The molecular formula is C22H29N5O7S2. The summed E-state index contributed by atoms with van der Waals surface area (Å²) >= 11 is 8.12. The number of hydrogen-bond acceptors (Lipinski definition) is 8. The third-order valence-corrected chi connectivity index (χ3v) is 6.08. The Morgan fingerprint density at radius 1 is 0.889 bits per heavy atom. The molecule has 8 N–H and O–H groups in total. The van der Waals surface area contributed by atoms with Crippen LogP contribution >= 0.6 is 25.3 Å². The molecule has 0 fully saturated rings. The number of aromatic amines is 1. The number of benzene rings is 1. The smallest absolute Gasteiger partial charge is 0.326 e. The fraction of sp³-hybridized carbons (Fsp3) is 0.409. The first-order valence-electron chi connectivity index (χ1n) is 10.9. The number of aromatic nitrogens is 1. The van der Waals surface area contributed by atoms with Crippen molar-refractivity contribution in [1.82, 2.24) is 20.9 Å². The van der Waals surface area contributed by atoms with Crippen LogP contribution in [0.3, 0.4) is 0 Å². The largest absolute Gasteiger partial charge is 0.481 e. The summed E-state index contributed by atoms with van der Waals surface area (Å²) in [6, 6.07) is 2.52. The van der Waals surface area contributed by atoms with Crippen molar-refractivity contribution >= 4 is 65.8 Å². The van der Waals surface area contributed by atoms with Gasteiger partial charge in [-0.15, -0.1) is 0 Å². The molecule has 1 heterocycles. The number of aliphatic carboxylic acids is 2. The van der Waals surface area contributed by atoms with Crippen LogP contribution in [-0.4, -0.2) is 80.5 Å². The van der Waals surface area contributed by atoms with Gasteiger partial charge < -0.3 is 36.9 Å². The van der Waals surface area contributed by atoms with E-state index in [1.807, 2.05) is 24.3 Å². The van der Waals surface area contributed by atoms with Gasteiger partial charge >= 0.3 is 11.9 Å². The van der Waals surface area contributed by atoms with Crippen LogP contribution in [-0.2, 0) is 30.4 Å². The second-order valence-electron chi connectivity index (χ2n) is 7.99. The minimum absolute atomic E-state index is 0.00186. The van der Waals surface area contributed by atoms with Gasteiger partial charge in [-0.25, -0.2) is 4.79 Å². The Morgan fingerprint density at radius 2 is 1.44 bits per heavy atom. The average Bonchev–Trinajstić information content (AvgIpc) is 3.26. The van der Waals surface area contributed by atoms with E-state index in [0.717, 1.165) is 10.9 Å². The van der Waals surface area contributed by atoms with E-state index in [4.69, 9.17) is 10.8 Å². The summed E-state index contributed by atoms with van der Waals surface area (Å²) in [5.41, 5.74) is 7.17. The van der Waals surface area contributed by atoms with Crippen LogP contribution < -0.4 is 21.7 Å². The van der Waals surface area contributed by atoms with Gasteiger partial charge in [-0.05, 0) is 18.1 Å². The van der Waals surface area contributed by atoms with E-state index in [2.05, 4.69) is 46.2 Å². The van der Waals surface area contributed by atoms with Crippen molar-refractivity contribution in [1.29, 1.82) is 0 Å². The van der Waals surface area contributed by atoms with Crippen LogP contribution in [0.2, 0.25) is 0 Å². The van der Waals surface area contributed by atoms with Crippen molar-refractivity contribution in [3.8, 4) is 0 Å². The molecule has 0 saturated carbocycles. The molecule has 196 valence electrons. The molecule has 4 atom stereocenters. The number of H-pyrrole nitrogens is 1. The molecule has 0 radical (unpaired) electrons. The topological polar surface area (TPSA) is 204 Å². The zero-order chi connectivity index (χ0) is 26.8. The molecule has 12 nitrogen and oxygen atoms in total. The highest BCUT2D eigenvalue weighted by molar-refractivity contribution is 7.80. The number of carboxylic acid groups (broad SMARTS) is 2. The Bertz CT molecular complexity index is 1110. The fourth-order valence-electron chi connectivity index (χ4n) is 3.34. The third-order valence-electron chi connectivity index (χ3n) is 5.35. The zero-order valence-corrected chi connectivity index (χ0v) is 20.9.